The Bertz CT molecular complexity index is 1330. The van der Waals surface area contributed by atoms with Crippen LogP contribution in [0.5, 0.6) is 0 Å². The van der Waals surface area contributed by atoms with Crippen molar-refractivity contribution in [2.24, 2.45) is 0 Å². The number of rotatable bonds is 5. The summed E-state index contributed by atoms with van der Waals surface area (Å²) in [6, 6.07) is 25.1. The number of aromatic amines is 1. The summed E-state index contributed by atoms with van der Waals surface area (Å²) < 4.78 is 33.0. The lowest BCUT2D eigenvalue weighted by atomic mass is 9.96. The molecule has 0 atom stereocenters. The van der Waals surface area contributed by atoms with Crippen molar-refractivity contribution in [3.8, 4) is 0 Å². The predicted molar refractivity (Wildman–Crippen MR) is 122 cm³/mol. The second kappa shape index (κ2) is 8.38. The zero-order valence-electron chi connectivity index (χ0n) is 17.3. The zero-order valence-corrected chi connectivity index (χ0v) is 18.2. The number of benzene rings is 3. The highest BCUT2D eigenvalue weighted by Gasteiger charge is 2.32. The number of oxazole rings is 1. The number of hydrogen-bond acceptors (Lipinski definition) is 5. The van der Waals surface area contributed by atoms with Crippen LogP contribution in [0.3, 0.4) is 0 Å². The first-order valence-electron chi connectivity index (χ1n) is 10.5. The van der Waals surface area contributed by atoms with Crippen LogP contribution in [0.25, 0.3) is 11.1 Å². The van der Waals surface area contributed by atoms with Gasteiger partial charge in [-0.15, -0.1) is 0 Å². The molecule has 164 valence electrons. The SMILES string of the molecule is O=c1[nH]c2ccc(S(=O)(=O)N3CCN(C(c4ccccc4)c4ccccc4)CC3)cc2o1. The second-order valence-corrected chi connectivity index (χ2v) is 9.77. The summed E-state index contributed by atoms with van der Waals surface area (Å²) in [6.07, 6.45) is 0. The van der Waals surface area contributed by atoms with Crippen molar-refractivity contribution in [2.75, 3.05) is 26.2 Å². The quantitative estimate of drug-likeness (QED) is 0.506. The number of fused-ring (bicyclic) bond motifs is 1. The average molecular weight is 450 g/mol. The van der Waals surface area contributed by atoms with E-state index in [1.165, 1.54) is 27.6 Å². The number of H-pyrrole nitrogens is 1. The molecule has 1 N–H and O–H groups in total. The lowest BCUT2D eigenvalue weighted by Gasteiger charge is -2.39. The van der Waals surface area contributed by atoms with Gasteiger partial charge < -0.3 is 4.42 Å². The fourth-order valence-electron chi connectivity index (χ4n) is 4.32. The first kappa shape index (κ1) is 20.7. The lowest BCUT2D eigenvalue weighted by Crippen LogP contribution is -2.49. The van der Waals surface area contributed by atoms with E-state index in [0.717, 1.165) is 0 Å². The molecule has 0 radical (unpaired) electrons. The first-order valence-corrected chi connectivity index (χ1v) is 11.9. The monoisotopic (exact) mass is 449 g/mol. The summed E-state index contributed by atoms with van der Waals surface area (Å²) in [5, 5.41) is 0. The molecule has 1 saturated heterocycles. The van der Waals surface area contributed by atoms with E-state index in [9.17, 15) is 13.2 Å². The Balaban J connectivity index is 1.38. The van der Waals surface area contributed by atoms with Gasteiger partial charge in [-0.25, -0.2) is 13.2 Å². The minimum atomic E-state index is -3.69. The van der Waals surface area contributed by atoms with Crippen molar-refractivity contribution in [1.29, 1.82) is 0 Å². The Morgan fingerprint density at radius 1 is 0.812 bits per heavy atom. The third kappa shape index (κ3) is 3.88. The minimum Gasteiger partial charge on any atom is -0.408 e. The lowest BCUT2D eigenvalue weighted by molar-refractivity contribution is 0.156. The van der Waals surface area contributed by atoms with Gasteiger partial charge in [0.2, 0.25) is 10.0 Å². The Labute approximate surface area is 186 Å². The van der Waals surface area contributed by atoms with Gasteiger partial charge in [-0.1, -0.05) is 60.7 Å². The van der Waals surface area contributed by atoms with Crippen molar-refractivity contribution in [3.63, 3.8) is 0 Å². The van der Waals surface area contributed by atoms with E-state index in [0.29, 0.717) is 31.7 Å². The third-order valence-corrected chi connectivity index (χ3v) is 7.79. The highest BCUT2D eigenvalue weighted by atomic mass is 32.2. The topological polar surface area (TPSA) is 86.6 Å². The van der Waals surface area contributed by atoms with Gasteiger partial charge in [-0.05, 0) is 23.3 Å². The Morgan fingerprint density at radius 2 is 1.41 bits per heavy atom. The highest BCUT2D eigenvalue weighted by Crippen LogP contribution is 2.30. The van der Waals surface area contributed by atoms with Crippen LogP contribution in [0.2, 0.25) is 0 Å². The summed E-state index contributed by atoms with van der Waals surface area (Å²) in [7, 11) is -3.69. The summed E-state index contributed by atoms with van der Waals surface area (Å²) in [5.74, 6) is -0.601. The fraction of sp³-hybridized carbons (Fsp3) is 0.208. The summed E-state index contributed by atoms with van der Waals surface area (Å²) in [5.41, 5.74) is 3.08. The molecule has 0 aliphatic carbocycles. The maximum atomic E-state index is 13.2. The molecule has 3 aromatic carbocycles. The van der Waals surface area contributed by atoms with Crippen LogP contribution in [-0.2, 0) is 10.0 Å². The van der Waals surface area contributed by atoms with Crippen LogP contribution in [0.4, 0.5) is 0 Å². The van der Waals surface area contributed by atoms with Crippen LogP contribution < -0.4 is 5.76 Å². The molecule has 0 spiro atoms. The van der Waals surface area contributed by atoms with Crippen LogP contribution in [-0.4, -0.2) is 48.8 Å². The van der Waals surface area contributed by atoms with Crippen molar-refractivity contribution in [1.82, 2.24) is 14.2 Å². The molecule has 4 aromatic rings. The maximum Gasteiger partial charge on any atom is 0.417 e. The van der Waals surface area contributed by atoms with Gasteiger partial charge in [-0.2, -0.15) is 4.31 Å². The van der Waals surface area contributed by atoms with Gasteiger partial charge in [0.1, 0.15) is 0 Å². The van der Waals surface area contributed by atoms with Gasteiger partial charge in [0.15, 0.2) is 5.58 Å². The van der Waals surface area contributed by atoms with Gasteiger partial charge >= 0.3 is 5.76 Å². The maximum absolute atomic E-state index is 13.2. The van der Waals surface area contributed by atoms with Crippen LogP contribution >= 0.6 is 0 Å². The van der Waals surface area contributed by atoms with Gasteiger partial charge in [0, 0.05) is 32.2 Å². The molecule has 7 nitrogen and oxygen atoms in total. The van der Waals surface area contributed by atoms with E-state index in [1.54, 1.807) is 6.07 Å². The molecule has 1 aliphatic heterocycles. The molecule has 1 fully saturated rings. The van der Waals surface area contributed by atoms with Crippen LogP contribution in [0.15, 0.2) is 93.0 Å². The van der Waals surface area contributed by atoms with E-state index in [-0.39, 0.29) is 16.5 Å². The van der Waals surface area contributed by atoms with Crippen molar-refractivity contribution >= 4 is 21.1 Å². The molecule has 8 heteroatoms. The van der Waals surface area contributed by atoms with Gasteiger partial charge in [0.05, 0.1) is 16.5 Å². The third-order valence-electron chi connectivity index (χ3n) is 5.90. The van der Waals surface area contributed by atoms with E-state index in [2.05, 4.69) is 34.1 Å². The van der Waals surface area contributed by atoms with Crippen LogP contribution in [0, 0.1) is 0 Å². The molecule has 5 rings (SSSR count). The van der Waals surface area contributed by atoms with Crippen molar-refractivity contribution in [2.45, 2.75) is 10.9 Å². The van der Waals surface area contributed by atoms with Crippen LogP contribution in [0.1, 0.15) is 17.2 Å². The number of sulfonamides is 1. The molecule has 2 heterocycles. The number of aromatic nitrogens is 1. The molecule has 0 amide bonds. The number of piperazine rings is 1. The fourth-order valence-corrected chi connectivity index (χ4v) is 5.76. The average Bonchev–Trinajstić information content (AvgIpc) is 3.20. The normalized spacial score (nSPS) is 16.0. The number of nitrogens with zero attached hydrogens (tertiary/aromatic N) is 2. The van der Waals surface area contributed by atoms with Gasteiger partial charge in [-0.3, -0.25) is 9.88 Å². The molecular formula is C24H23N3O4S. The first-order chi connectivity index (χ1) is 15.5. The number of nitrogens with one attached hydrogen (secondary N) is 1. The zero-order chi connectivity index (χ0) is 22.1. The smallest absolute Gasteiger partial charge is 0.408 e. The molecule has 1 aromatic heterocycles. The molecule has 0 bridgehead atoms. The molecule has 0 saturated carbocycles. The van der Waals surface area contributed by atoms with Gasteiger partial charge in [0.25, 0.3) is 0 Å². The molecule has 32 heavy (non-hydrogen) atoms. The predicted octanol–water partition coefficient (Wildman–Crippen LogP) is 3.22. The van der Waals surface area contributed by atoms with E-state index < -0.39 is 15.8 Å². The molecular weight excluding hydrogens is 426 g/mol. The molecule has 0 unspecified atom stereocenters. The molecule has 1 aliphatic rings. The van der Waals surface area contributed by atoms with E-state index in [4.69, 9.17) is 4.42 Å². The number of hydrogen-bond donors (Lipinski definition) is 1. The summed E-state index contributed by atoms with van der Waals surface area (Å²) in [6.45, 7) is 1.98. The largest absolute Gasteiger partial charge is 0.417 e. The van der Waals surface area contributed by atoms with Crippen molar-refractivity contribution < 1.29 is 12.8 Å². The summed E-state index contributed by atoms with van der Waals surface area (Å²) in [4.78, 5) is 16.4. The highest BCUT2D eigenvalue weighted by molar-refractivity contribution is 7.89. The summed E-state index contributed by atoms with van der Waals surface area (Å²) >= 11 is 0. The second-order valence-electron chi connectivity index (χ2n) is 7.84. The Morgan fingerprint density at radius 3 is 2.00 bits per heavy atom. The van der Waals surface area contributed by atoms with E-state index in [1.807, 2.05) is 36.4 Å². The standard InChI is InChI=1S/C24H23N3O4S/c28-24-25-21-12-11-20(17-22(21)31-24)32(29,30)27-15-13-26(14-16-27)23(18-7-3-1-4-8-18)19-9-5-2-6-10-19/h1-12,17,23H,13-16H2,(H,25,28). The van der Waals surface area contributed by atoms with Crippen molar-refractivity contribution in [3.05, 3.63) is 101 Å². The minimum absolute atomic E-state index is 0.0627. The Hall–Kier alpha value is -3.20. The van der Waals surface area contributed by atoms with E-state index >= 15 is 0 Å². The Kier molecular flexibility index (Phi) is 5.42.